The Labute approximate surface area is 172 Å². The number of alkyl halides is 1. The lowest BCUT2D eigenvalue weighted by Gasteiger charge is -2.18. The summed E-state index contributed by atoms with van der Waals surface area (Å²) in [6, 6.07) is 5.24. The Morgan fingerprint density at radius 3 is 2.70 bits per heavy atom. The summed E-state index contributed by atoms with van der Waals surface area (Å²) in [5.41, 5.74) is 7.57. The number of carbonyl (C=O) groups is 1. The Morgan fingerprint density at radius 2 is 2.07 bits per heavy atom. The Bertz CT molecular complexity index is 1170. The van der Waals surface area contributed by atoms with E-state index in [-0.39, 0.29) is 18.1 Å². The molecule has 1 amide bonds. The molecule has 0 bridgehead atoms. The summed E-state index contributed by atoms with van der Waals surface area (Å²) >= 11 is 0. The van der Waals surface area contributed by atoms with Crippen LogP contribution in [0.15, 0.2) is 37.2 Å². The Hall–Kier alpha value is -3.39. The minimum Gasteiger partial charge on any atom is -0.384 e. The number of aliphatic hydroxyl groups is 1. The first kappa shape index (κ1) is 19.9. The van der Waals surface area contributed by atoms with E-state index < -0.39 is 17.7 Å². The average molecular weight is 407 g/mol. The van der Waals surface area contributed by atoms with Crippen molar-refractivity contribution >= 4 is 34.4 Å². The number of nitrogen functional groups attached to an aromatic ring is 1. The molecule has 4 rings (SSSR count). The van der Waals surface area contributed by atoms with Gasteiger partial charge in [-0.05, 0) is 49.4 Å². The number of pyridine rings is 3. The van der Waals surface area contributed by atoms with E-state index in [4.69, 9.17) is 5.73 Å². The van der Waals surface area contributed by atoms with Gasteiger partial charge in [0.05, 0.1) is 17.3 Å². The number of aromatic nitrogens is 3. The van der Waals surface area contributed by atoms with E-state index in [1.54, 1.807) is 38.3 Å². The first-order chi connectivity index (χ1) is 14.2. The molecule has 1 fully saturated rings. The zero-order valence-electron chi connectivity index (χ0n) is 16.7. The molecule has 0 unspecified atom stereocenters. The van der Waals surface area contributed by atoms with Crippen LogP contribution in [-0.2, 0) is 10.4 Å². The standard InChI is InChI=1S/C22H22FN5O2/c1-4-11-6-18(22(2,3)30)25-9-14(11)17-5-12-7-19(26-10-15(12)20(24)27-17)28-21(29)13-8-16(13)23/h4-7,9-10,13,16,30H,1,8H2,2-3H3,(H2,24,27)(H,26,28,29)/t13-,16+/m1/s1. The van der Waals surface area contributed by atoms with E-state index in [0.717, 1.165) is 10.9 Å². The van der Waals surface area contributed by atoms with E-state index in [0.29, 0.717) is 28.2 Å². The molecule has 4 N–H and O–H groups in total. The van der Waals surface area contributed by atoms with Gasteiger partial charge in [-0.15, -0.1) is 0 Å². The van der Waals surface area contributed by atoms with Gasteiger partial charge in [-0.1, -0.05) is 12.7 Å². The molecule has 1 aliphatic rings. The van der Waals surface area contributed by atoms with Gasteiger partial charge in [0.25, 0.3) is 0 Å². The van der Waals surface area contributed by atoms with E-state index in [1.165, 1.54) is 6.20 Å². The van der Waals surface area contributed by atoms with Crippen molar-refractivity contribution in [3.05, 3.63) is 48.4 Å². The normalized spacial score (nSPS) is 18.3. The number of fused-ring (bicyclic) bond motifs is 1. The molecule has 3 aromatic rings. The molecule has 2 atom stereocenters. The van der Waals surface area contributed by atoms with E-state index in [9.17, 15) is 14.3 Å². The molecule has 0 radical (unpaired) electrons. The second kappa shape index (κ2) is 7.14. The first-order valence-corrected chi connectivity index (χ1v) is 9.54. The van der Waals surface area contributed by atoms with Gasteiger partial charge in [-0.25, -0.2) is 14.4 Å². The van der Waals surface area contributed by atoms with Gasteiger partial charge in [0, 0.05) is 23.3 Å². The molecular formula is C22H22FN5O2. The molecule has 3 heterocycles. The summed E-state index contributed by atoms with van der Waals surface area (Å²) in [7, 11) is 0. The Morgan fingerprint density at radius 1 is 1.33 bits per heavy atom. The second-order valence-electron chi connectivity index (χ2n) is 7.95. The molecule has 1 saturated carbocycles. The van der Waals surface area contributed by atoms with Gasteiger partial charge < -0.3 is 16.2 Å². The summed E-state index contributed by atoms with van der Waals surface area (Å²) in [5, 5.41) is 14.2. The second-order valence-corrected chi connectivity index (χ2v) is 7.95. The van der Waals surface area contributed by atoms with Crippen molar-refractivity contribution in [2.45, 2.75) is 32.0 Å². The van der Waals surface area contributed by atoms with Gasteiger partial charge in [0.1, 0.15) is 23.4 Å². The van der Waals surface area contributed by atoms with Crippen LogP contribution < -0.4 is 11.1 Å². The predicted octanol–water partition coefficient (Wildman–Crippen LogP) is 3.44. The van der Waals surface area contributed by atoms with E-state index in [2.05, 4.69) is 26.8 Å². The zero-order valence-corrected chi connectivity index (χ0v) is 16.7. The SMILES string of the molecule is C=Cc1cc(C(C)(C)O)ncc1-c1cc2cc(NC(=O)[C@@H]3C[C@@H]3F)ncc2c(N)n1. The number of halogens is 1. The Balaban J connectivity index is 1.74. The number of nitrogens with one attached hydrogen (secondary N) is 1. The molecule has 0 spiro atoms. The lowest BCUT2D eigenvalue weighted by Crippen LogP contribution is -2.17. The van der Waals surface area contributed by atoms with Gasteiger partial charge >= 0.3 is 0 Å². The average Bonchev–Trinajstić information content (AvgIpc) is 3.43. The minimum absolute atomic E-state index is 0.248. The minimum atomic E-state index is -1.09. The quantitative estimate of drug-likeness (QED) is 0.597. The molecule has 3 aromatic heterocycles. The maximum atomic E-state index is 13.1. The molecule has 154 valence electrons. The summed E-state index contributed by atoms with van der Waals surface area (Å²) in [6.07, 6.45) is 3.99. The molecule has 30 heavy (non-hydrogen) atoms. The number of hydrogen-bond donors (Lipinski definition) is 3. The van der Waals surface area contributed by atoms with Crippen molar-refractivity contribution in [1.82, 2.24) is 15.0 Å². The van der Waals surface area contributed by atoms with Crippen LogP contribution in [-0.4, -0.2) is 32.1 Å². The van der Waals surface area contributed by atoms with E-state index in [1.807, 2.05) is 6.07 Å². The molecule has 8 heteroatoms. The van der Waals surface area contributed by atoms with Crippen molar-refractivity contribution in [2.75, 3.05) is 11.1 Å². The number of carbonyl (C=O) groups excluding carboxylic acids is 1. The predicted molar refractivity (Wildman–Crippen MR) is 114 cm³/mol. The highest BCUT2D eigenvalue weighted by molar-refractivity contribution is 5.98. The topological polar surface area (TPSA) is 114 Å². The zero-order chi connectivity index (χ0) is 21.6. The number of rotatable bonds is 5. The molecular weight excluding hydrogens is 385 g/mol. The van der Waals surface area contributed by atoms with Gasteiger partial charge in [-0.2, -0.15) is 0 Å². The van der Waals surface area contributed by atoms with Gasteiger partial charge in [-0.3, -0.25) is 9.78 Å². The summed E-state index contributed by atoms with van der Waals surface area (Å²) < 4.78 is 13.1. The summed E-state index contributed by atoms with van der Waals surface area (Å²) in [4.78, 5) is 25.0. The van der Waals surface area contributed by atoms with Crippen molar-refractivity contribution < 1.29 is 14.3 Å². The van der Waals surface area contributed by atoms with Crippen LogP contribution in [0, 0.1) is 5.92 Å². The fourth-order valence-corrected chi connectivity index (χ4v) is 3.22. The van der Waals surface area contributed by atoms with Crippen molar-refractivity contribution in [3.63, 3.8) is 0 Å². The smallest absolute Gasteiger partial charge is 0.231 e. The summed E-state index contributed by atoms with van der Waals surface area (Å²) in [5.74, 6) is -0.379. The highest BCUT2D eigenvalue weighted by Crippen LogP contribution is 2.35. The van der Waals surface area contributed by atoms with Crippen LogP contribution in [0.3, 0.4) is 0 Å². The highest BCUT2D eigenvalue weighted by Gasteiger charge is 2.43. The third-order valence-electron chi connectivity index (χ3n) is 5.10. The fraction of sp³-hybridized carbons (Fsp3) is 0.273. The monoisotopic (exact) mass is 407 g/mol. The molecule has 0 saturated heterocycles. The van der Waals surface area contributed by atoms with Crippen LogP contribution in [0.1, 0.15) is 31.5 Å². The van der Waals surface area contributed by atoms with Crippen LogP contribution in [0.4, 0.5) is 16.0 Å². The first-order valence-electron chi connectivity index (χ1n) is 9.54. The van der Waals surface area contributed by atoms with Gasteiger partial charge in [0.15, 0.2) is 0 Å². The number of nitrogens with two attached hydrogens (primary N) is 1. The molecule has 1 aliphatic carbocycles. The number of anilines is 2. The van der Waals surface area contributed by atoms with Crippen molar-refractivity contribution in [2.24, 2.45) is 5.92 Å². The van der Waals surface area contributed by atoms with Crippen molar-refractivity contribution in [3.8, 4) is 11.3 Å². The number of amides is 1. The Kier molecular flexibility index (Phi) is 4.74. The van der Waals surface area contributed by atoms with E-state index >= 15 is 0 Å². The maximum absolute atomic E-state index is 13.1. The van der Waals surface area contributed by atoms with Crippen LogP contribution >= 0.6 is 0 Å². The molecule has 0 aromatic carbocycles. The fourth-order valence-electron chi connectivity index (χ4n) is 3.22. The van der Waals surface area contributed by atoms with Crippen LogP contribution in [0.5, 0.6) is 0 Å². The number of hydrogen-bond acceptors (Lipinski definition) is 6. The number of nitrogens with zero attached hydrogens (tertiary/aromatic N) is 3. The van der Waals surface area contributed by atoms with Crippen LogP contribution in [0.25, 0.3) is 28.1 Å². The lowest BCUT2D eigenvalue weighted by molar-refractivity contribution is -0.117. The lowest BCUT2D eigenvalue weighted by atomic mass is 9.98. The highest BCUT2D eigenvalue weighted by atomic mass is 19.1. The van der Waals surface area contributed by atoms with Crippen LogP contribution in [0.2, 0.25) is 0 Å². The third kappa shape index (κ3) is 3.73. The summed E-state index contributed by atoms with van der Waals surface area (Å²) in [6.45, 7) is 7.16. The van der Waals surface area contributed by atoms with Crippen molar-refractivity contribution in [1.29, 1.82) is 0 Å². The largest absolute Gasteiger partial charge is 0.384 e. The maximum Gasteiger partial charge on any atom is 0.231 e. The van der Waals surface area contributed by atoms with Gasteiger partial charge in [0.2, 0.25) is 5.91 Å². The molecule has 7 nitrogen and oxygen atoms in total. The third-order valence-corrected chi connectivity index (χ3v) is 5.10. The molecule has 0 aliphatic heterocycles.